The highest BCUT2D eigenvalue weighted by Crippen LogP contribution is 2.24. The molecular weight excluding hydrogens is 250 g/mol. The van der Waals surface area contributed by atoms with Gasteiger partial charge in [-0.05, 0) is 19.9 Å². The predicted octanol–water partition coefficient (Wildman–Crippen LogP) is -0.813. The van der Waals surface area contributed by atoms with Gasteiger partial charge in [-0.1, -0.05) is 5.21 Å². The Hall–Kier alpha value is -1.96. The van der Waals surface area contributed by atoms with Crippen molar-refractivity contribution >= 4 is 11.9 Å². The van der Waals surface area contributed by atoms with Crippen LogP contribution in [-0.4, -0.2) is 63.1 Å². The molecule has 0 atom stereocenters. The van der Waals surface area contributed by atoms with Gasteiger partial charge in [0.05, 0.1) is 6.20 Å². The van der Waals surface area contributed by atoms with Crippen LogP contribution in [0.15, 0.2) is 6.20 Å². The maximum atomic E-state index is 11.6. The van der Waals surface area contributed by atoms with E-state index in [-0.39, 0.29) is 18.1 Å². The van der Waals surface area contributed by atoms with Crippen molar-refractivity contribution in [3.8, 4) is 0 Å². The van der Waals surface area contributed by atoms with Gasteiger partial charge in [-0.3, -0.25) is 4.79 Å². The topological polar surface area (TPSA) is 100 Å². The maximum Gasteiger partial charge on any atom is 0.358 e. The van der Waals surface area contributed by atoms with E-state index in [1.165, 1.54) is 23.7 Å². The molecule has 8 heteroatoms. The predicted molar refractivity (Wildman–Crippen MR) is 65.6 cm³/mol. The molecule has 0 aromatic carbocycles. The number of aromatic nitrogens is 3. The lowest BCUT2D eigenvalue weighted by molar-refractivity contribution is -0.121. The largest absolute Gasteiger partial charge is 0.476 e. The monoisotopic (exact) mass is 267 g/mol. The molecule has 0 saturated heterocycles. The Balaban J connectivity index is 1.69. The minimum Gasteiger partial charge on any atom is -0.476 e. The van der Waals surface area contributed by atoms with Gasteiger partial charge < -0.3 is 15.3 Å². The van der Waals surface area contributed by atoms with Gasteiger partial charge in [-0.25, -0.2) is 9.48 Å². The number of rotatable bonds is 7. The summed E-state index contributed by atoms with van der Waals surface area (Å²) in [4.78, 5) is 24.4. The van der Waals surface area contributed by atoms with Crippen molar-refractivity contribution in [2.75, 3.05) is 20.1 Å². The minimum atomic E-state index is -1.15. The minimum absolute atomic E-state index is 0.0204. The molecule has 1 aliphatic rings. The highest BCUT2D eigenvalue weighted by molar-refractivity contribution is 5.84. The molecule has 1 saturated carbocycles. The zero-order valence-electron chi connectivity index (χ0n) is 10.7. The number of hydrogen-bond donors (Lipinski definition) is 2. The second-order valence-electron chi connectivity index (χ2n) is 4.67. The fourth-order valence-corrected chi connectivity index (χ4v) is 1.75. The zero-order valence-corrected chi connectivity index (χ0v) is 10.7. The van der Waals surface area contributed by atoms with Crippen LogP contribution in [0.4, 0.5) is 0 Å². The number of nitrogens with one attached hydrogen (secondary N) is 1. The summed E-state index contributed by atoms with van der Waals surface area (Å²) < 4.78 is 1.21. The molecule has 2 N–H and O–H groups in total. The lowest BCUT2D eigenvalue weighted by Gasteiger charge is -2.15. The SMILES string of the molecule is CN(CCNC(=O)Cn1cc(C(=O)O)nn1)C1CC1. The van der Waals surface area contributed by atoms with Gasteiger partial charge in [0.25, 0.3) is 0 Å². The first kappa shape index (κ1) is 13.5. The molecule has 0 unspecified atom stereocenters. The fraction of sp³-hybridized carbons (Fsp3) is 0.636. The molecular formula is C11H17N5O3. The van der Waals surface area contributed by atoms with E-state index in [9.17, 15) is 9.59 Å². The number of nitrogens with zero attached hydrogens (tertiary/aromatic N) is 4. The molecule has 1 heterocycles. The average Bonchev–Trinajstić information content (AvgIpc) is 3.10. The number of carbonyl (C=O) groups excluding carboxylic acids is 1. The van der Waals surface area contributed by atoms with Crippen molar-refractivity contribution in [1.82, 2.24) is 25.2 Å². The first-order chi connectivity index (χ1) is 9.06. The van der Waals surface area contributed by atoms with Crippen molar-refractivity contribution in [1.29, 1.82) is 0 Å². The maximum absolute atomic E-state index is 11.6. The number of carboxylic acid groups (broad SMARTS) is 1. The first-order valence-electron chi connectivity index (χ1n) is 6.16. The number of carboxylic acids is 1. The fourth-order valence-electron chi connectivity index (χ4n) is 1.75. The third-order valence-electron chi connectivity index (χ3n) is 3.02. The molecule has 0 spiro atoms. The van der Waals surface area contributed by atoms with Gasteiger partial charge in [-0.2, -0.15) is 0 Å². The molecule has 0 aliphatic heterocycles. The van der Waals surface area contributed by atoms with Crippen molar-refractivity contribution < 1.29 is 14.7 Å². The van der Waals surface area contributed by atoms with Crippen LogP contribution in [-0.2, 0) is 11.3 Å². The molecule has 1 amide bonds. The third kappa shape index (κ3) is 4.02. The van der Waals surface area contributed by atoms with Gasteiger partial charge in [0.1, 0.15) is 6.54 Å². The van der Waals surface area contributed by atoms with Gasteiger partial charge in [0, 0.05) is 19.1 Å². The van der Waals surface area contributed by atoms with E-state index < -0.39 is 5.97 Å². The summed E-state index contributed by atoms with van der Waals surface area (Å²) in [5.41, 5.74) is -0.165. The van der Waals surface area contributed by atoms with Gasteiger partial charge in [0.2, 0.25) is 5.91 Å². The van der Waals surface area contributed by atoms with E-state index in [2.05, 4.69) is 20.5 Å². The first-order valence-corrected chi connectivity index (χ1v) is 6.16. The third-order valence-corrected chi connectivity index (χ3v) is 3.02. The highest BCUT2D eigenvalue weighted by atomic mass is 16.4. The molecule has 2 rings (SSSR count). The van der Waals surface area contributed by atoms with E-state index >= 15 is 0 Å². The van der Waals surface area contributed by atoms with Crippen molar-refractivity contribution in [2.24, 2.45) is 0 Å². The van der Waals surface area contributed by atoms with Crippen LogP contribution in [0.25, 0.3) is 0 Å². The number of carbonyl (C=O) groups is 2. The Morgan fingerprint density at radius 3 is 2.89 bits per heavy atom. The molecule has 0 bridgehead atoms. The van der Waals surface area contributed by atoms with Crippen molar-refractivity contribution in [3.63, 3.8) is 0 Å². The number of hydrogen-bond acceptors (Lipinski definition) is 5. The molecule has 1 aromatic rings. The van der Waals surface area contributed by atoms with Crippen molar-refractivity contribution in [2.45, 2.75) is 25.4 Å². The van der Waals surface area contributed by atoms with Gasteiger partial charge in [-0.15, -0.1) is 5.10 Å². The molecule has 104 valence electrons. The number of aromatic carboxylic acids is 1. The molecule has 19 heavy (non-hydrogen) atoms. The van der Waals surface area contributed by atoms with E-state index in [1.54, 1.807) is 0 Å². The van der Waals surface area contributed by atoms with Crippen LogP contribution < -0.4 is 5.32 Å². The van der Waals surface area contributed by atoms with Crippen LogP contribution >= 0.6 is 0 Å². The Morgan fingerprint density at radius 1 is 1.58 bits per heavy atom. The summed E-state index contributed by atoms with van der Waals surface area (Å²) in [6, 6.07) is 0.672. The Morgan fingerprint density at radius 2 is 2.32 bits per heavy atom. The summed E-state index contributed by atoms with van der Waals surface area (Å²) in [5, 5.41) is 18.4. The lowest BCUT2D eigenvalue weighted by atomic mass is 10.4. The van der Waals surface area contributed by atoms with E-state index in [4.69, 9.17) is 5.11 Å². The summed E-state index contributed by atoms with van der Waals surface area (Å²) in [6.07, 6.45) is 3.71. The van der Waals surface area contributed by atoms with Gasteiger partial charge >= 0.3 is 5.97 Å². The van der Waals surface area contributed by atoms with E-state index in [0.29, 0.717) is 12.6 Å². The smallest absolute Gasteiger partial charge is 0.358 e. The second-order valence-corrected chi connectivity index (χ2v) is 4.67. The summed E-state index contributed by atoms with van der Waals surface area (Å²) >= 11 is 0. The highest BCUT2D eigenvalue weighted by Gasteiger charge is 2.25. The molecule has 1 fully saturated rings. The van der Waals surface area contributed by atoms with Crippen LogP contribution in [0.1, 0.15) is 23.3 Å². The van der Waals surface area contributed by atoms with Crippen LogP contribution in [0, 0.1) is 0 Å². The van der Waals surface area contributed by atoms with Crippen LogP contribution in [0.5, 0.6) is 0 Å². The molecule has 1 aromatic heterocycles. The Bertz CT molecular complexity index is 469. The summed E-state index contributed by atoms with van der Waals surface area (Å²) in [5.74, 6) is -1.36. The Labute approximate surface area is 110 Å². The molecule has 0 radical (unpaired) electrons. The normalized spacial score (nSPS) is 14.6. The van der Waals surface area contributed by atoms with Gasteiger partial charge in [0.15, 0.2) is 5.69 Å². The second kappa shape index (κ2) is 5.79. The summed E-state index contributed by atoms with van der Waals surface area (Å²) in [6.45, 7) is 1.37. The number of amides is 1. The average molecular weight is 267 g/mol. The van der Waals surface area contributed by atoms with Crippen molar-refractivity contribution in [3.05, 3.63) is 11.9 Å². The standard InChI is InChI=1S/C11H17N5O3/c1-15(8-2-3-8)5-4-12-10(17)7-16-6-9(11(18)19)13-14-16/h6,8H,2-5,7H2,1H3,(H,12,17)(H,18,19). The van der Waals surface area contributed by atoms with Crippen LogP contribution in [0.2, 0.25) is 0 Å². The molecule has 1 aliphatic carbocycles. The summed E-state index contributed by atoms with van der Waals surface area (Å²) in [7, 11) is 2.04. The molecule has 8 nitrogen and oxygen atoms in total. The number of likely N-dealkylation sites (N-methyl/N-ethyl adjacent to an activating group) is 1. The quantitative estimate of drug-likeness (QED) is 0.670. The van der Waals surface area contributed by atoms with Crippen LogP contribution in [0.3, 0.4) is 0 Å². The Kier molecular flexibility index (Phi) is 4.10. The zero-order chi connectivity index (χ0) is 13.8. The lowest BCUT2D eigenvalue weighted by Crippen LogP contribution is -2.35. The van der Waals surface area contributed by atoms with E-state index in [0.717, 1.165) is 6.54 Å². The van der Waals surface area contributed by atoms with E-state index in [1.807, 2.05) is 7.05 Å².